The first-order chi connectivity index (χ1) is 9.18. The summed E-state index contributed by atoms with van der Waals surface area (Å²) in [5, 5.41) is 3.22. The molecule has 2 rings (SSSR count). The van der Waals surface area contributed by atoms with Crippen molar-refractivity contribution in [1.82, 2.24) is 20.2 Å². The first-order valence-electron chi connectivity index (χ1n) is 6.24. The molecular weight excluding hydrogens is 246 g/mol. The van der Waals surface area contributed by atoms with Crippen LogP contribution in [0.1, 0.15) is 23.3 Å². The predicted octanol–water partition coefficient (Wildman–Crippen LogP) is -0.844. The van der Waals surface area contributed by atoms with Crippen LogP contribution in [0.3, 0.4) is 0 Å². The molecule has 1 aliphatic rings. The summed E-state index contributed by atoms with van der Waals surface area (Å²) in [6, 6.07) is 0.0169. The SMILES string of the molecule is NC(=O)CN(C(=O)c1cnccn1)C1CCNCC1. The predicted molar refractivity (Wildman–Crippen MR) is 68.2 cm³/mol. The Morgan fingerprint density at radius 3 is 2.68 bits per heavy atom. The van der Waals surface area contributed by atoms with Crippen LogP contribution in [0.15, 0.2) is 18.6 Å². The van der Waals surface area contributed by atoms with Gasteiger partial charge in [-0.05, 0) is 25.9 Å². The molecule has 7 nitrogen and oxygen atoms in total. The van der Waals surface area contributed by atoms with Gasteiger partial charge in [-0.3, -0.25) is 14.6 Å². The maximum absolute atomic E-state index is 12.4. The van der Waals surface area contributed by atoms with Crippen molar-refractivity contribution in [2.45, 2.75) is 18.9 Å². The molecule has 0 atom stereocenters. The topological polar surface area (TPSA) is 101 Å². The van der Waals surface area contributed by atoms with Crippen LogP contribution < -0.4 is 11.1 Å². The van der Waals surface area contributed by atoms with Crippen LogP contribution in [0, 0.1) is 0 Å². The lowest BCUT2D eigenvalue weighted by molar-refractivity contribution is -0.119. The molecule has 19 heavy (non-hydrogen) atoms. The van der Waals surface area contributed by atoms with Crippen LogP contribution >= 0.6 is 0 Å². The number of hydrogen-bond acceptors (Lipinski definition) is 5. The molecule has 7 heteroatoms. The number of primary amides is 1. The van der Waals surface area contributed by atoms with Gasteiger partial charge in [0.05, 0.1) is 12.7 Å². The molecule has 1 fully saturated rings. The average Bonchev–Trinajstić information content (AvgIpc) is 2.46. The maximum Gasteiger partial charge on any atom is 0.274 e. The summed E-state index contributed by atoms with van der Waals surface area (Å²) in [6.45, 7) is 1.57. The van der Waals surface area contributed by atoms with Gasteiger partial charge < -0.3 is 16.0 Å². The largest absolute Gasteiger partial charge is 0.368 e. The van der Waals surface area contributed by atoms with Crippen LogP contribution in [0.2, 0.25) is 0 Å². The standard InChI is InChI=1S/C12H17N5O2/c13-11(18)8-17(9-1-3-14-4-2-9)12(19)10-7-15-5-6-16-10/h5-7,9,14H,1-4,8H2,(H2,13,18). The molecule has 0 spiro atoms. The molecule has 3 N–H and O–H groups in total. The van der Waals surface area contributed by atoms with Crippen LogP contribution in [0.25, 0.3) is 0 Å². The van der Waals surface area contributed by atoms with Crippen LogP contribution in [-0.2, 0) is 4.79 Å². The molecule has 0 aliphatic carbocycles. The Bertz CT molecular complexity index is 445. The summed E-state index contributed by atoms with van der Waals surface area (Å²) in [5.41, 5.74) is 5.47. The van der Waals surface area contributed by atoms with Gasteiger partial charge in [0.1, 0.15) is 5.69 Å². The van der Waals surface area contributed by atoms with Gasteiger partial charge in [-0.15, -0.1) is 0 Å². The second-order valence-corrected chi connectivity index (χ2v) is 4.47. The van der Waals surface area contributed by atoms with Crippen molar-refractivity contribution in [3.8, 4) is 0 Å². The number of nitrogens with one attached hydrogen (secondary N) is 1. The smallest absolute Gasteiger partial charge is 0.274 e. The second-order valence-electron chi connectivity index (χ2n) is 4.47. The highest BCUT2D eigenvalue weighted by Crippen LogP contribution is 2.14. The Balaban J connectivity index is 2.16. The normalized spacial score (nSPS) is 16.0. The minimum atomic E-state index is -0.518. The molecule has 0 bridgehead atoms. The van der Waals surface area contributed by atoms with Gasteiger partial charge in [-0.25, -0.2) is 4.98 Å². The Kier molecular flexibility index (Phi) is 4.40. The van der Waals surface area contributed by atoms with Crippen LogP contribution in [-0.4, -0.2) is 52.4 Å². The lowest BCUT2D eigenvalue weighted by atomic mass is 10.0. The molecule has 0 unspecified atom stereocenters. The van der Waals surface area contributed by atoms with E-state index in [1.54, 1.807) is 0 Å². The van der Waals surface area contributed by atoms with E-state index in [2.05, 4.69) is 15.3 Å². The Morgan fingerprint density at radius 1 is 1.37 bits per heavy atom. The van der Waals surface area contributed by atoms with E-state index in [1.807, 2.05) is 0 Å². The molecule has 2 heterocycles. The number of amides is 2. The highest BCUT2D eigenvalue weighted by molar-refractivity contribution is 5.94. The molecule has 1 aromatic heterocycles. The van der Waals surface area contributed by atoms with Crippen molar-refractivity contribution in [2.75, 3.05) is 19.6 Å². The maximum atomic E-state index is 12.4. The van der Waals surface area contributed by atoms with Gasteiger partial charge in [-0.1, -0.05) is 0 Å². The fourth-order valence-electron chi connectivity index (χ4n) is 2.21. The van der Waals surface area contributed by atoms with E-state index in [-0.39, 0.29) is 24.2 Å². The van der Waals surface area contributed by atoms with E-state index < -0.39 is 5.91 Å². The van der Waals surface area contributed by atoms with E-state index in [0.29, 0.717) is 0 Å². The van der Waals surface area contributed by atoms with Crippen LogP contribution in [0.5, 0.6) is 0 Å². The summed E-state index contributed by atoms with van der Waals surface area (Å²) in [4.78, 5) is 32.9. The summed E-state index contributed by atoms with van der Waals surface area (Å²) >= 11 is 0. The minimum absolute atomic E-state index is 0.0169. The lowest BCUT2D eigenvalue weighted by Crippen LogP contribution is -2.49. The van der Waals surface area contributed by atoms with Gasteiger partial charge in [0.15, 0.2) is 0 Å². The number of nitrogens with zero attached hydrogens (tertiary/aromatic N) is 3. The summed E-state index contributed by atoms with van der Waals surface area (Å²) in [7, 11) is 0. The number of nitrogens with two attached hydrogens (primary N) is 1. The number of rotatable bonds is 4. The van der Waals surface area contributed by atoms with Gasteiger partial charge in [-0.2, -0.15) is 0 Å². The molecule has 0 radical (unpaired) electrons. The summed E-state index contributed by atoms with van der Waals surface area (Å²) < 4.78 is 0. The van der Waals surface area contributed by atoms with Crippen molar-refractivity contribution in [2.24, 2.45) is 5.73 Å². The molecule has 1 aliphatic heterocycles. The van der Waals surface area contributed by atoms with Gasteiger partial charge >= 0.3 is 0 Å². The quantitative estimate of drug-likeness (QED) is 0.737. The number of carbonyl (C=O) groups is 2. The zero-order chi connectivity index (χ0) is 13.7. The zero-order valence-corrected chi connectivity index (χ0v) is 10.6. The molecule has 2 amide bonds. The van der Waals surface area contributed by atoms with Crippen molar-refractivity contribution in [3.63, 3.8) is 0 Å². The Hall–Kier alpha value is -2.02. The molecule has 1 aromatic rings. The molecular formula is C12H17N5O2. The van der Waals surface area contributed by atoms with E-state index in [0.717, 1.165) is 25.9 Å². The third-order valence-corrected chi connectivity index (χ3v) is 3.12. The Labute approximate surface area is 111 Å². The lowest BCUT2D eigenvalue weighted by Gasteiger charge is -2.33. The van der Waals surface area contributed by atoms with E-state index in [9.17, 15) is 9.59 Å². The third-order valence-electron chi connectivity index (χ3n) is 3.12. The van der Waals surface area contributed by atoms with Crippen molar-refractivity contribution < 1.29 is 9.59 Å². The molecule has 102 valence electrons. The number of carbonyl (C=O) groups excluding carboxylic acids is 2. The second kappa shape index (κ2) is 6.24. The monoisotopic (exact) mass is 263 g/mol. The zero-order valence-electron chi connectivity index (χ0n) is 10.6. The number of aromatic nitrogens is 2. The first-order valence-corrected chi connectivity index (χ1v) is 6.24. The van der Waals surface area contributed by atoms with E-state index in [4.69, 9.17) is 5.73 Å². The Morgan fingerprint density at radius 2 is 2.11 bits per heavy atom. The highest BCUT2D eigenvalue weighted by Gasteiger charge is 2.28. The number of hydrogen-bond donors (Lipinski definition) is 2. The first kappa shape index (κ1) is 13.4. The fourth-order valence-corrected chi connectivity index (χ4v) is 2.21. The minimum Gasteiger partial charge on any atom is -0.368 e. The van der Waals surface area contributed by atoms with E-state index >= 15 is 0 Å². The average molecular weight is 263 g/mol. The number of piperidine rings is 1. The van der Waals surface area contributed by atoms with Crippen molar-refractivity contribution >= 4 is 11.8 Å². The van der Waals surface area contributed by atoms with E-state index in [1.165, 1.54) is 23.5 Å². The van der Waals surface area contributed by atoms with Gasteiger partial charge in [0.2, 0.25) is 5.91 Å². The fraction of sp³-hybridized carbons (Fsp3) is 0.500. The molecule has 0 saturated carbocycles. The highest BCUT2D eigenvalue weighted by atomic mass is 16.2. The van der Waals surface area contributed by atoms with Crippen LogP contribution in [0.4, 0.5) is 0 Å². The summed E-state index contributed by atoms with van der Waals surface area (Å²) in [6.07, 6.45) is 5.97. The molecule has 1 saturated heterocycles. The van der Waals surface area contributed by atoms with Gasteiger partial charge in [0, 0.05) is 18.4 Å². The molecule has 0 aromatic carbocycles. The van der Waals surface area contributed by atoms with Crippen molar-refractivity contribution in [1.29, 1.82) is 0 Å². The summed E-state index contributed by atoms with van der Waals surface area (Å²) in [5.74, 6) is -0.811. The van der Waals surface area contributed by atoms with Crippen molar-refractivity contribution in [3.05, 3.63) is 24.3 Å². The third kappa shape index (κ3) is 3.47. The van der Waals surface area contributed by atoms with Gasteiger partial charge in [0.25, 0.3) is 5.91 Å².